The number of rotatable bonds is 2. The largest absolute Gasteiger partial charge is 0.382 e. The van der Waals surface area contributed by atoms with Crippen molar-refractivity contribution in [3.8, 4) is 5.69 Å². The molecule has 0 amide bonds. The van der Waals surface area contributed by atoms with Gasteiger partial charge in [-0.25, -0.2) is 4.68 Å². The zero-order chi connectivity index (χ0) is 13.4. The van der Waals surface area contributed by atoms with Gasteiger partial charge in [-0.05, 0) is 6.92 Å². The van der Waals surface area contributed by atoms with Crippen molar-refractivity contribution in [2.45, 2.75) is 6.92 Å². The van der Waals surface area contributed by atoms with Crippen LogP contribution in [0.3, 0.4) is 0 Å². The van der Waals surface area contributed by atoms with Crippen LogP contribution in [0.2, 0.25) is 10.0 Å². The molecule has 0 radical (unpaired) electrons. The summed E-state index contributed by atoms with van der Waals surface area (Å²) in [7, 11) is 0. The first-order chi connectivity index (χ1) is 8.40. The number of hydrogen-bond acceptors (Lipinski definition) is 4. The van der Waals surface area contributed by atoms with E-state index in [0.29, 0.717) is 11.5 Å². The number of non-ortho nitro benzene ring substituents is 1. The summed E-state index contributed by atoms with van der Waals surface area (Å²) >= 11 is 12.0. The maximum atomic E-state index is 10.7. The van der Waals surface area contributed by atoms with E-state index in [1.807, 2.05) is 0 Å². The van der Waals surface area contributed by atoms with E-state index in [-0.39, 0.29) is 15.7 Å². The summed E-state index contributed by atoms with van der Waals surface area (Å²) in [5, 5.41) is 15.0. The molecule has 0 atom stereocenters. The van der Waals surface area contributed by atoms with E-state index in [1.165, 1.54) is 16.8 Å². The first-order valence-electron chi connectivity index (χ1n) is 4.86. The zero-order valence-corrected chi connectivity index (χ0v) is 10.7. The summed E-state index contributed by atoms with van der Waals surface area (Å²) in [6, 6.07) is 4.09. The Balaban J connectivity index is 2.66. The van der Waals surface area contributed by atoms with Crippen molar-refractivity contribution in [3.63, 3.8) is 0 Å². The lowest BCUT2D eigenvalue weighted by atomic mass is 10.2. The fourth-order valence-corrected chi connectivity index (χ4v) is 2.22. The van der Waals surface area contributed by atoms with Crippen molar-refractivity contribution in [2.24, 2.45) is 0 Å². The van der Waals surface area contributed by atoms with Gasteiger partial charge in [-0.3, -0.25) is 10.1 Å². The molecular formula is C10H8Cl2N4O2. The summed E-state index contributed by atoms with van der Waals surface area (Å²) in [5.74, 6) is 0.318. The van der Waals surface area contributed by atoms with Crippen LogP contribution in [0.5, 0.6) is 0 Å². The van der Waals surface area contributed by atoms with E-state index in [9.17, 15) is 10.1 Å². The molecule has 6 nitrogen and oxygen atoms in total. The quantitative estimate of drug-likeness (QED) is 0.679. The number of anilines is 1. The van der Waals surface area contributed by atoms with Crippen molar-refractivity contribution >= 4 is 34.7 Å². The molecule has 0 spiro atoms. The number of nitrogen functional groups attached to an aromatic ring is 1. The molecule has 18 heavy (non-hydrogen) atoms. The highest BCUT2D eigenvalue weighted by Gasteiger charge is 2.17. The normalized spacial score (nSPS) is 10.6. The Labute approximate surface area is 112 Å². The predicted molar refractivity (Wildman–Crippen MR) is 69.4 cm³/mol. The number of nitrogens with zero attached hydrogens (tertiary/aromatic N) is 3. The van der Waals surface area contributed by atoms with Gasteiger partial charge in [-0.1, -0.05) is 23.2 Å². The first-order valence-corrected chi connectivity index (χ1v) is 5.61. The lowest BCUT2D eigenvalue weighted by Crippen LogP contribution is -2.02. The van der Waals surface area contributed by atoms with Gasteiger partial charge in [0.1, 0.15) is 11.5 Å². The van der Waals surface area contributed by atoms with E-state index >= 15 is 0 Å². The molecule has 8 heteroatoms. The van der Waals surface area contributed by atoms with E-state index in [4.69, 9.17) is 28.9 Å². The zero-order valence-electron chi connectivity index (χ0n) is 9.22. The van der Waals surface area contributed by atoms with Crippen LogP contribution in [-0.4, -0.2) is 14.7 Å². The summed E-state index contributed by atoms with van der Waals surface area (Å²) in [4.78, 5) is 10.1. The maximum Gasteiger partial charge on any atom is 0.272 e. The standard InChI is InChI=1S/C10H8Cl2N4O2/c1-5-2-9(13)14-15(5)10-7(11)3-6(16(17)18)4-8(10)12/h2-4H,1H3,(H2,13,14). The monoisotopic (exact) mass is 286 g/mol. The summed E-state index contributed by atoms with van der Waals surface area (Å²) in [6.45, 7) is 1.78. The fourth-order valence-electron chi connectivity index (χ4n) is 1.58. The molecule has 94 valence electrons. The van der Waals surface area contributed by atoms with Crippen LogP contribution in [0.4, 0.5) is 11.5 Å². The number of hydrogen-bond donors (Lipinski definition) is 1. The Morgan fingerprint density at radius 2 is 1.89 bits per heavy atom. The van der Waals surface area contributed by atoms with Crippen molar-refractivity contribution in [1.82, 2.24) is 9.78 Å². The Morgan fingerprint density at radius 3 is 2.28 bits per heavy atom. The molecular weight excluding hydrogens is 279 g/mol. The Bertz CT molecular complexity index is 616. The second-order valence-electron chi connectivity index (χ2n) is 3.64. The Hall–Kier alpha value is -1.79. The van der Waals surface area contributed by atoms with Crippen LogP contribution < -0.4 is 5.73 Å². The number of nitrogens with two attached hydrogens (primary N) is 1. The molecule has 0 aliphatic rings. The van der Waals surface area contributed by atoms with Crippen molar-refractivity contribution < 1.29 is 4.92 Å². The summed E-state index contributed by atoms with van der Waals surface area (Å²) in [5.41, 5.74) is 6.49. The lowest BCUT2D eigenvalue weighted by Gasteiger charge is -2.08. The van der Waals surface area contributed by atoms with Gasteiger partial charge in [0.2, 0.25) is 0 Å². The number of halogens is 2. The number of aryl methyl sites for hydroxylation is 1. The number of nitro benzene ring substituents is 1. The van der Waals surface area contributed by atoms with E-state index in [0.717, 1.165) is 5.69 Å². The average Bonchev–Trinajstić information content (AvgIpc) is 2.56. The van der Waals surface area contributed by atoms with Gasteiger partial charge in [0, 0.05) is 23.9 Å². The van der Waals surface area contributed by atoms with Crippen molar-refractivity contribution in [3.05, 3.63) is 44.1 Å². The summed E-state index contributed by atoms with van der Waals surface area (Å²) < 4.78 is 1.45. The van der Waals surface area contributed by atoms with Gasteiger partial charge >= 0.3 is 0 Å². The third-order valence-electron chi connectivity index (χ3n) is 2.33. The molecule has 0 saturated heterocycles. The minimum absolute atomic E-state index is 0.139. The second kappa shape index (κ2) is 4.47. The van der Waals surface area contributed by atoms with E-state index in [2.05, 4.69) is 5.10 Å². The van der Waals surface area contributed by atoms with E-state index < -0.39 is 4.92 Å². The van der Waals surface area contributed by atoms with Gasteiger partial charge in [0.05, 0.1) is 15.0 Å². The maximum absolute atomic E-state index is 10.7. The van der Waals surface area contributed by atoms with Crippen LogP contribution in [-0.2, 0) is 0 Å². The molecule has 0 saturated carbocycles. The average molecular weight is 287 g/mol. The van der Waals surface area contributed by atoms with Crippen LogP contribution in [0, 0.1) is 17.0 Å². The molecule has 1 aromatic carbocycles. The topological polar surface area (TPSA) is 87.0 Å². The molecule has 2 N–H and O–H groups in total. The van der Waals surface area contributed by atoms with Crippen LogP contribution in [0.15, 0.2) is 18.2 Å². The summed E-state index contributed by atoms with van der Waals surface area (Å²) in [6.07, 6.45) is 0. The van der Waals surface area contributed by atoms with Gasteiger partial charge < -0.3 is 5.73 Å². The van der Waals surface area contributed by atoms with Crippen LogP contribution >= 0.6 is 23.2 Å². The smallest absolute Gasteiger partial charge is 0.272 e. The molecule has 1 heterocycles. The minimum Gasteiger partial charge on any atom is -0.382 e. The third kappa shape index (κ3) is 2.12. The SMILES string of the molecule is Cc1cc(N)nn1-c1c(Cl)cc([N+](=O)[O-])cc1Cl. The highest BCUT2D eigenvalue weighted by molar-refractivity contribution is 6.38. The fraction of sp³-hybridized carbons (Fsp3) is 0.100. The van der Waals surface area contributed by atoms with Crippen molar-refractivity contribution in [1.29, 1.82) is 0 Å². The first kappa shape index (κ1) is 12.7. The molecule has 0 aliphatic carbocycles. The van der Waals surface area contributed by atoms with Gasteiger partial charge in [-0.2, -0.15) is 5.10 Å². The third-order valence-corrected chi connectivity index (χ3v) is 2.91. The van der Waals surface area contributed by atoms with Crippen LogP contribution in [0.25, 0.3) is 5.69 Å². The Morgan fingerprint density at radius 1 is 1.33 bits per heavy atom. The van der Waals surface area contributed by atoms with E-state index in [1.54, 1.807) is 13.0 Å². The van der Waals surface area contributed by atoms with Gasteiger partial charge in [0.15, 0.2) is 0 Å². The number of benzene rings is 1. The molecule has 0 fully saturated rings. The van der Waals surface area contributed by atoms with Gasteiger partial charge in [0.25, 0.3) is 5.69 Å². The molecule has 1 aromatic heterocycles. The highest BCUT2D eigenvalue weighted by atomic mass is 35.5. The van der Waals surface area contributed by atoms with Crippen molar-refractivity contribution in [2.75, 3.05) is 5.73 Å². The predicted octanol–water partition coefficient (Wildman–Crippen LogP) is 2.98. The lowest BCUT2D eigenvalue weighted by molar-refractivity contribution is -0.384. The molecule has 0 unspecified atom stereocenters. The second-order valence-corrected chi connectivity index (χ2v) is 4.45. The highest BCUT2D eigenvalue weighted by Crippen LogP contribution is 2.33. The van der Waals surface area contributed by atoms with Crippen LogP contribution in [0.1, 0.15) is 5.69 Å². The molecule has 0 bridgehead atoms. The molecule has 2 aromatic rings. The molecule has 2 rings (SSSR count). The molecule has 0 aliphatic heterocycles. The number of aromatic nitrogens is 2. The minimum atomic E-state index is -0.564. The number of nitro groups is 1. The Kier molecular flexibility index (Phi) is 3.14. The van der Waals surface area contributed by atoms with Gasteiger partial charge in [-0.15, -0.1) is 0 Å².